The van der Waals surface area contributed by atoms with Crippen LogP contribution in [0.15, 0.2) is 47.5 Å². The van der Waals surface area contributed by atoms with E-state index in [9.17, 15) is 12.8 Å². The van der Waals surface area contributed by atoms with E-state index in [0.717, 1.165) is 12.1 Å². The van der Waals surface area contributed by atoms with Crippen LogP contribution in [0.2, 0.25) is 0 Å². The van der Waals surface area contributed by atoms with Crippen LogP contribution in [0.4, 0.5) is 4.39 Å². The van der Waals surface area contributed by atoms with Gasteiger partial charge in [-0.2, -0.15) is 0 Å². The average molecular weight is 575 g/mol. The fourth-order valence-corrected chi connectivity index (χ4v) is 4.58. The van der Waals surface area contributed by atoms with Gasteiger partial charge in [-0.3, -0.25) is 9.89 Å². The third kappa shape index (κ3) is 8.67. The van der Waals surface area contributed by atoms with E-state index < -0.39 is 15.7 Å². The Kier molecular flexibility index (Phi) is 10.4. The van der Waals surface area contributed by atoms with Crippen molar-refractivity contribution in [2.75, 3.05) is 26.4 Å². The van der Waals surface area contributed by atoms with Crippen LogP contribution >= 0.6 is 24.0 Å². The molecule has 6 nitrogen and oxygen atoms in total. The Bertz CT molecular complexity index is 1010. The van der Waals surface area contributed by atoms with E-state index in [0.29, 0.717) is 23.6 Å². The van der Waals surface area contributed by atoms with Crippen molar-refractivity contribution in [3.8, 4) is 0 Å². The molecule has 0 radical (unpaired) electrons. The first-order chi connectivity index (χ1) is 14.8. The minimum Gasteiger partial charge on any atom is -0.352 e. The van der Waals surface area contributed by atoms with E-state index in [1.807, 2.05) is 0 Å². The molecule has 0 atom stereocenters. The van der Waals surface area contributed by atoms with Crippen LogP contribution in [0.3, 0.4) is 0 Å². The van der Waals surface area contributed by atoms with Gasteiger partial charge in [-0.25, -0.2) is 12.8 Å². The molecule has 1 saturated heterocycles. The summed E-state index contributed by atoms with van der Waals surface area (Å²) in [6.07, 6.45) is 3.75. The van der Waals surface area contributed by atoms with Gasteiger partial charge in [0.2, 0.25) is 0 Å². The maximum atomic E-state index is 13.7. The molecule has 0 bridgehead atoms. The summed E-state index contributed by atoms with van der Waals surface area (Å²) in [6, 6.07) is 12.7. The molecule has 32 heavy (non-hydrogen) atoms. The number of hydrogen-bond acceptors (Lipinski definition) is 4. The van der Waals surface area contributed by atoms with Gasteiger partial charge in [0.1, 0.15) is 5.82 Å². The number of rotatable bonds is 8. The molecule has 1 heterocycles. The van der Waals surface area contributed by atoms with Crippen molar-refractivity contribution < 1.29 is 12.8 Å². The van der Waals surface area contributed by atoms with Gasteiger partial charge in [0.15, 0.2) is 15.8 Å². The molecule has 176 valence electrons. The summed E-state index contributed by atoms with van der Waals surface area (Å²) in [6.45, 7) is 4.24. The van der Waals surface area contributed by atoms with Gasteiger partial charge in [0, 0.05) is 32.9 Å². The Morgan fingerprint density at radius 1 is 1.00 bits per heavy atom. The van der Waals surface area contributed by atoms with Crippen LogP contribution in [0, 0.1) is 5.82 Å². The van der Waals surface area contributed by atoms with Gasteiger partial charge in [0.05, 0.1) is 5.75 Å². The molecule has 0 aliphatic carbocycles. The minimum absolute atomic E-state index is 0. The van der Waals surface area contributed by atoms with Crippen LogP contribution < -0.4 is 10.6 Å². The third-order valence-corrected chi connectivity index (χ3v) is 6.18. The van der Waals surface area contributed by atoms with Crippen LogP contribution in [0.25, 0.3) is 0 Å². The predicted octanol–water partition coefficient (Wildman–Crippen LogP) is 3.45. The van der Waals surface area contributed by atoms with E-state index in [-0.39, 0.29) is 36.3 Å². The van der Waals surface area contributed by atoms with Crippen LogP contribution in [0.1, 0.15) is 35.1 Å². The topological polar surface area (TPSA) is 73.8 Å². The lowest BCUT2D eigenvalue weighted by Crippen LogP contribution is -2.36. The maximum Gasteiger partial charge on any atom is 0.191 e. The summed E-state index contributed by atoms with van der Waals surface area (Å²) in [7, 11) is -1.55. The number of nitrogens with one attached hydrogen (secondary N) is 2. The van der Waals surface area contributed by atoms with Gasteiger partial charge in [0.25, 0.3) is 0 Å². The monoisotopic (exact) mass is 574 g/mol. The lowest BCUT2D eigenvalue weighted by atomic mass is 10.1. The molecule has 9 heteroatoms. The molecule has 0 spiro atoms. The van der Waals surface area contributed by atoms with Crippen molar-refractivity contribution in [3.63, 3.8) is 0 Å². The molecule has 2 aromatic carbocycles. The molecule has 1 aliphatic heterocycles. The molecule has 2 N–H and O–H groups in total. The lowest BCUT2D eigenvalue weighted by molar-refractivity contribution is 0.331. The highest BCUT2D eigenvalue weighted by atomic mass is 127. The van der Waals surface area contributed by atoms with E-state index >= 15 is 0 Å². The van der Waals surface area contributed by atoms with Crippen molar-refractivity contribution in [3.05, 3.63) is 70.5 Å². The van der Waals surface area contributed by atoms with Crippen molar-refractivity contribution >= 4 is 39.8 Å². The Labute approximate surface area is 207 Å². The minimum atomic E-state index is -3.21. The van der Waals surface area contributed by atoms with E-state index in [2.05, 4.69) is 44.8 Å². The first-order valence-electron chi connectivity index (χ1n) is 10.5. The smallest absolute Gasteiger partial charge is 0.191 e. The first-order valence-corrected chi connectivity index (χ1v) is 12.6. The molecular weight excluding hydrogens is 542 g/mol. The molecule has 2 aromatic rings. The van der Waals surface area contributed by atoms with Gasteiger partial charge in [-0.05, 0) is 60.3 Å². The van der Waals surface area contributed by atoms with Crippen LogP contribution in [-0.2, 0) is 35.2 Å². The quantitative estimate of drug-likeness (QED) is 0.287. The zero-order valence-electron chi connectivity index (χ0n) is 18.6. The van der Waals surface area contributed by atoms with Crippen molar-refractivity contribution in [1.82, 2.24) is 15.5 Å². The molecule has 1 fully saturated rings. The van der Waals surface area contributed by atoms with Crippen LogP contribution in [-0.4, -0.2) is 45.7 Å². The van der Waals surface area contributed by atoms with Crippen molar-refractivity contribution in [2.24, 2.45) is 4.99 Å². The van der Waals surface area contributed by atoms with Crippen molar-refractivity contribution in [2.45, 2.75) is 38.2 Å². The zero-order chi connectivity index (χ0) is 22.3. The Hall–Kier alpha value is -1.72. The van der Waals surface area contributed by atoms with Crippen molar-refractivity contribution in [1.29, 1.82) is 0 Å². The van der Waals surface area contributed by atoms with Gasteiger partial charge in [-0.15, -0.1) is 24.0 Å². The second-order valence-electron chi connectivity index (χ2n) is 8.06. The Balaban J connectivity index is 0.00000363. The summed E-state index contributed by atoms with van der Waals surface area (Å²) >= 11 is 0. The number of sulfone groups is 1. The highest BCUT2D eigenvalue weighted by Gasteiger charge is 2.12. The largest absolute Gasteiger partial charge is 0.352 e. The number of benzene rings is 2. The number of hydrogen-bond donors (Lipinski definition) is 2. The molecule has 0 saturated carbocycles. The molecule has 0 amide bonds. The molecule has 0 unspecified atom stereocenters. The molecule has 0 aromatic heterocycles. The van der Waals surface area contributed by atoms with Gasteiger partial charge in [-0.1, -0.05) is 30.3 Å². The molecular formula is C23H32FIN4O2S. The maximum absolute atomic E-state index is 13.7. The normalized spacial score (nSPS) is 14.8. The number of halogens is 2. The Morgan fingerprint density at radius 2 is 1.62 bits per heavy atom. The highest BCUT2D eigenvalue weighted by molar-refractivity contribution is 14.0. The SMILES string of the molecule is CN=C(NCc1ccc(CN2CCCC2)cc1)NCc1cc(F)ccc1CS(C)(=O)=O.I. The second-order valence-corrected chi connectivity index (χ2v) is 10.2. The number of aliphatic imine (C=N–C) groups is 1. The number of guanidine groups is 1. The average Bonchev–Trinajstić information content (AvgIpc) is 3.23. The predicted molar refractivity (Wildman–Crippen MR) is 138 cm³/mol. The summed E-state index contributed by atoms with van der Waals surface area (Å²) < 4.78 is 37.0. The molecule has 1 aliphatic rings. The summed E-state index contributed by atoms with van der Waals surface area (Å²) in [5.74, 6) is 0.0434. The van der Waals surface area contributed by atoms with E-state index in [1.54, 1.807) is 7.05 Å². The fourth-order valence-electron chi connectivity index (χ4n) is 3.73. The summed E-state index contributed by atoms with van der Waals surface area (Å²) in [5.41, 5.74) is 3.63. The van der Waals surface area contributed by atoms with E-state index in [1.165, 1.54) is 55.9 Å². The highest BCUT2D eigenvalue weighted by Crippen LogP contribution is 2.15. The number of nitrogens with zero attached hydrogens (tertiary/aromatic N) is 2. The lowest BCUT2D eigenvalue weighted by Gasteiger charge is -2.16. The summed E-state index contributed by atoms with van der Waals surface area (Å²) in [4.78, 5) is 6.68. The van der Waals surface area contributed by atoms with Gasteiger partial charge >= 0.3 is 0 Å². The number of likely N-dealkylation sites (tertiary alicyclic amines) is 1. The fraction of sp³-hybridized carbons (Fsp3) is 0.435. The van der Waals surface area contributed by atoms with E-state index in [4.69, 9.17) is 0 Å². The second kappa shape index (κ2) is 12.5. The van der Waals surface area contributed by atoms with Crippen LogP contribution in [0.5, 0.6) is 0 Å². The zero-order valence-corrected chi connectivity index (χ0v) is 21.8. The third-order valence-electron chi connectivity index (χ3n) is 5.34. The summed E-state index contributed by atoms with van der Waals surface area (Å²) in [5, 5.41) is 6.39. The standard InChI is InChI=1S/C23H31FN4O2S.HI/c1-25-23(27-15-21-13-22(24)10-9-20(21)17-31(2,29)30)26-14-18-5-7-19(8-6-18)16-28-11-3-4-12-28;/h5-10,13H,3-4,11-12,14-17H2,1-2H3,(H2,25,26,27);1H. The van der Waals surface area contributed by atoms with Gasteiger partial charge < -0.3 is 10.6 Å². The molecule has 3 rings (SSSR count). The first kappa shape index (κ1) is 26.5. The Morgan fingerprint density at radius 3 is 2.25 bits per heavy atom.